The van der Waals surface area contributed by atoms with Gasteiger partial charge in [0.05, 0.1) is 0 Å². The fraction of sp³-hybridized carbons (Fsp3) is 0. The summed E-state index contributed by atoms with van der Waals surface area (Å²) in [6, 6.07) is 0. The predicted octanol–water partition coefficient (Wildman–Crippen LogP) is -9.09. The molecule has 0 bridgehead atoms. The van der Waals surface area contributed by atoms with E-state index in [0.717, 1.165) is 0 Å². The van der Waals surface area contributed by atoms with Gasteiger partial charge in [0.15, 0.2) is 0 Å². The number of rotatable bonds is 0. The van der Waals surface area contributed by atoms with Crippen LogP contribution in [0.1, 0.15) is 0 Å². The summed E-state index contributed by atoms with van der Waals surface area (Å²) < 4.78 is 0. The Balaban J connectivity index is -0.0000000150. The van der Waals surface area contributed by atoms with Crippen molar-refractivity contribution in [3.05, 3.63) is 0 Å². The van der Waals surface area contributed by atoms with Gasteiger partial charge in [-0.3, -0.25) is 0 Å². The molecule has 0 aliphatic rings. The van der Waals surface area contributed by atoms with Crippen LogP contribution in [0.15, 0.2) is 0 Å². The van der Waals surface area contributed by atoms with Crippen LogP contribution in [0.5, 0.6) is 0 Å². The normalized spacial score (nSPS) is 3.43. The van der Waals surface area contributed by atoms with Crippen molar-refractivity contribution in [2.45, 2.75) is 0 Å². The van der Waals surface area contributed by atoms with Crippen LogP contribution < -0.4 is 47.9 Å². The van der Waals surface area contributed by atoms with Crippen molar-refractivity contribution in [2.24, 2.45) is 0 Å². The molecule has 0 radical (unpaired) electrons. The molecule has 0 aromatic rings. The second kappa shape index (κ2) is 15.7. The molecule has 0 unspecified atom stereocenters. The first-order valence-electron chi connectivity index (χ1n) is 0.612. The van der Waals surface area contributed by atoms with Crippen LogP contribution in [0.2, 0.25) is 0 Å². The molecule has 0 aliphatic carbocycles. The number of hydrogen-bond acceptors (Lipinski definition) is 3. The molecule has 0 aliphatic heterocycles. The average molecular weight is 81.8 g/mol. The van der Waals surface area contributed by atoms with Crippen LogP contribution >= 0.6 is 0 Å². The van der Waals surface area contributed by atoms with E-state index < -0.39 is 6.16 Å². The zero-order valence-corrected chi connectivity index (χ0v) is 3.72. The van der Waals surface area contributed by atoms with Gasteiger partial charge in [0.2, 0.25) is 0 Å². The fourth-order valence-corrected chi connectivity index (χ4v) is 0. The molecule has 6 heteroatoms. The summed E-state index contributed by atoms with van der Waals surface area (Å²) in [5, 5.41) is 16.7. The van der Waals surface area contributed by atoms with Crippen molar-refractivity contribution in [3.63, 3.8) is 0 Å². The summed E-state index contributed by atoms with van der Waals surface area (Å²) in [6.45, 7) is 0. The van der Waals surface area contributed by atoms with Crippen molar-refractivity contribution in [1.82, 2.24) is 0 Å². The van der Waals surface area contributed by atoms with Crippen molar-refractivity contribution < 1.29 is 52.7 Å². The van der Waals surface area contributed by atoms with Crippen molar-refractivity contribution in [3.8, 4) is 0 Å². The van der Waals surface area contributed by atoms with Gasteiger partial charge >= 0.3 is 56.6 Å². The third-order valence-electron chi connectivity index (χ3n) is 0. The molecule has 0 saturated carbocycles. The first kappa shape index (κ1) is 24.4. The molecular weight excluding hydrogens is 80.8 g/mol. The summed E-state index contributed by atoms with van der Waals surface area (Å²) in [4.78, 5) is 8.33. The van der Waals surface area contributed by atoms with Gasteiger partial charge in [-0.05, 0) is 6.16 Å². The summed E-state index contributed by atoms with van der Waals surface area (Å²) >= 11 is 0. The average Bonchev–Trinajstić information content (AvgIpc) is 0.811. The van der Waals surface area contributed by atoms with Gasteiger partial charge < -0.3 is 15.0 Å². The molecular formula is CHLi3O3. The monoisotopic (exact) mass is 82.0 g/mol. The molecule has 0 aromatic heterocycles. The van der Waals surface area contributed by atoms with Crippen LogP contribution in [0.3, 0.4) is 0 Å². The molecule has 0 heterocycles. The van der Waals surface area contributed by atoms with E-state index in [4.69, 9.17) is 15.0 Å². The van der Waals surface area contributed by atoms with Crippen LogP contribution in [0.25, 0.3) is 0 Å². The van der Waals surface area contributed by atoms with Gasteiger partial charge in [-0.25, -0.2) is 0 Å². The molecule has 0 amide bonds. The topological polar surface area (TPSA) is 63.2 Å². The minimum atomic E-state index is -2.33. The molecule has 0 fully saturated rings. The Morgan fingerprint density at radius 2 is 1.14 bits per heavy atom. The Kier molecular flexibility index (Phi) is 54.8. The van der Waals surface area contributed by atoms with Gasteiger partial charge in [0.25, 0.3) is 0 Å². The zero-order chi connectivity index (χ0) is 3.58. The van der Waals surface area contributed by atoms with E-state index >= 15 is 0 Å². The molecule has 0 rings (SSSR count). The Hall–Kier alpha value is 1.06. The van der Waals surface area contributed by atoms with Crippen LogP contribution in [0, 0.1) is 0 Å². The van der Waals surface area contributed by atoms with E-state index in [1.165, 1.54) is 0 Å². The summed E-state index contributed by atoms with van der Waals surface area (Å²) in [6.07, 6.45) is -2.33. The van der Waals surface area contributed by atoms with Crippen LogP contribution in [-0.2, 0) is 0 Å². The quantitative estimate of drug-likeness (QED) is 0.272. The second-order valence-corrected chi connectivity index (χ2v) is 0.250. The maximum atomic E-state index is 8.33. The summed E-state index contributed by atoms with van der Waals surface area (Å²) in [7, 11) is 0. The molecule has 0 aromatic carbocycles. The Morgan fingerprint density at radius 3 is 1.14 bits per heavy atom. The third-order valence-corrected chi connectivity index (χ3v) is 0. The molecule has 7 heavy (non-hydrogen) atoms. The standard InChI is InChI=1S/CH2O3.3Li.H/c2-1(3)4;;;;/h(H2,2,3,4);;;;/q;;2*+1;/p-2. The number of carboxylic acid groups (broad SMARTS) is 2. The van der Waals surface area contributed by atoms with E-state index in [9.17, 15) is 0 Å². The Morgan fingerprint density at radius 1 is 1.14 bits per heavy atom. The number of carbonyl (C=O) groups is 1. The van der Waals surface area contributed by atoms with E-state index in [1.54, 1.807) is 0 Å². The van der Waals surface area contributed by atoms with E-state index in [1.807, 2.05) is 0 Å². The van der Waals surface area contributed by atoms with E-state index in [-0.39, 0.29) is 56.6 Å². The molecule has 26 valence electrons. The Bertz CT molecular complexity index is 33.2. The number of hydrogen-bond donors (Lipinski definition) is 0. The van der Waals surface area contributed by atoms with E-state index in [2.05, 4.69) is 0 Å². The van der Waals surface area contributed by atoms with Gasteiger partial charge in [-0.2, -0.15) is 0 Å². The zero-order valence-electron chi connectivity index (χ0n) is 3.72. The van der Waals surface area contributed by atoms with Gasteiger partial charge in [0, 0.05) is 0 Å². The van der Waals surface area contributed by atoms with Crippen LogP contribution in [0.4, 0.5) is 4.79 Å². The summed E-state index contributed by atoms with van der Waals surface area (Å²) in [5.74, 6) is 0. The van der Waals surface area contributed by atoms with Crippen molar-refractivity contribution >= 4 is 25.0 Å². The molecule has 0 N–H and O–H groups in total. The van der Waals surface area contributed by atoms with Crippen LogP contribution in [-0.4, -0.2) is 25.0 Å². The van der Waals surface area contributed by atoms with Crippen molar-refractivity contribution in [1.29, 1.82) is 0 Å². The van der Waals surface area contributed by atoms with Gasteiger partial charge in [-0.1, -0.05) is 0 Å². The minimum absolute atomic E-state index is 0. The van der Waals surface area contributed by atoms with Crippen molar-refractivity contribution in [2.75, 3.05) is 0 Å². The second-order valence-electron chi connectivity index (χ2n) is 0.250. The first-order valence-corrected chi connectivity index (χ1v) is 0.612. The third kappa shape index (κ3) is 160. The summed E-state index contributed by atoms with van der Waals surface area (Å²) in [5.41, 5.74) is 0. The SMILES string of the molecule is O=C([O-])[O-].[Li+].[Li+].[LiH]. The molecule has 0 spiro atoms. The predicted molar refractivity (Wildman–Crippen MR) is 12.5 cm³/mol. The molecule has 3 nitrogen and oxygen atoms in total. The fourth-order valence-electron chi connectivity index (χ4n) is 0. The maximum absolute atomic E-state index is 8.33. The van der Waals surface area contributed by atoms with E-state index in [0.29, 0.717) is 0 Å². The van der Waals surface area contributed by atoms with Gasteiger partial charge in [0.1, 0.15) is 0 Å². The number of carbonyl (C=O) groups excluding carboxylic acids is 1. The van der Waals surface area contributed by atoms with Gasteiger partial charge in [-0.15, -0.1) is 0 Å². The molecule has 0 atom stereocenters. The first-order chi connectivity index (χ1) is 1.73. The molecule has 0 saturated heterocycles. The Labute approximate surface area is 77.4 Å².